The van der Waals surface area contributed by atoms with Gasteiger partial charge in [0, 0.05) is 17.9 Å². The molecule has 0 saturated heterocycles. The number of carbonyl (C=O) groups is 1. The highest BCUT2D eigenvalue weighted by Gasteiger charge is 2.34. The standard InChI is InChI=1S/C7H6O/c8-7-4-5-2-1-3-6(5)7/h1,5H,2,4H2. The van der Waals surface area contributed by atoms with Crippen LogP contribution in [0.5, 0.6) is 0 Å². The highest BCUT2D eigenvalue weighted by molar-refractivity contribution is 6.03. The number of rotatable bonds is 0. The summed E-state index contributed by atoms with van der Waals surface area (Å²) in [5, 5.41) is 0. The molecule has 8 heavy (non-hydrogen) atoms. The van der Waals surface area contributed by atoms with Gasteiger partial charge in [-0.05, 0) is 12.5 Å². The number of carbonyl (C=O) groups excluding carboxylic acids is 1. The third kappa shape index (κ3) is 0.308. The molecule has 0 N–H and O–H groups in total. The van der Waals surface area contributed by atoms with Crippen molar-refractivity contribution in [2.75, 3.05) is 0 Å². The lowest BCUT2D eigenvalue weighted by atomic mass is 9.80. The Morgan fingerprint density at radius 1 is 1.75 bits per heavy atom. The minimum atomic E-state index is 0.309. The van der Waals surface area contributed by atoms with E-state index < -0.39 is 0 Å². The Bertz CT molecular complexity index is 206. The average molecular weight is 106 g/mol. The molecule has 1 saturated carbocycles. The van der Waals surface area contributed by atoms with Gasteiger partial charge in [-0.3, -0.25) is 4.79 Å². The van der Waals surface area contributed by atoms with Crippen molar-refractivity contribution in [1.29, 1.82) is 0 Å². The molecule has 0 aromatic heterocycles. The maximum absolute atomic E-state index is 10.6. The lowest BCUT2D eigenvalue weighted by molar-refractivity contribution is -0.120. The summed E-state index contributed by atoms with van der Waals surface area (Å²) in [5.41, 5.74) is 3.90. The van der Waals surface area contributed by atoms with Crippen LogP contribution >= 0.6 is 0 Å². The molecule has 0 aromatic rings. The topological polar surface area (TPSA) is 17.1 Å². The molecule has 0 radical (unpaired) electrons. The van der Waals surface area contributed by atoms with Crippen molar-refractivity contribution in [3.8, 4) is 0 Å². The largest absolute Gasteiger partial charge is 0.294 e. The second kappa shape index (κ2) is 1.12. The molecule has 2 rings (SSSR count). The first-order chi connectivity index (χ1) is 3.88. The number of allylic oxidation sites excluding steroid dienone is 1. The van der Waals surface area contributed by atoms with E-state index in [0.717, 1.165) is 18.4 Å². The Morgan fingerprint density at radius 2 is 2.62 bits per heavy atom. The monoisotopic (exact) mass is 106 g/mol. The van der Waals surface area contributed by atoms with Crippen LogP contribution in [0.1, 0.15) is 12.8 Å². The molecule has 1 heteroatoms. The van der Waals surface area contributed by atoms with Crippen molar-refractivity contribution < 1.29 is 4.79 Å². The van der Waals surface area contributed by atoms with Crippen LogP contribution in [-0.2, 0) is 4.79 Å². The molecule has 0 heterocycles. The highest BCUT2D eigenvalue weighted by atomic mass is 16.1. The lowest BCUT2D eigenvalue weighted by Gasteiger charge is -2.21. The van der Waals surface area contributed by atoms with Crippen LogP contribution in [0.15, 0.2) is 17.4 Å². The Balaban J connectivity index is 2.41. The summed E-state index contributed by atoms with van der Waals surface area (Å²) < 4.78 is 0. The zero-order valence-electron chi connectivity index (χ0n) is 4.48. The van der Waals surface area contributed by atoms with Crippen molar-refractivity contribution in [3.05, 3.63) is 17.4 Å². The van der Waals surface area contributed by atoms with E-state index in [4.69, 9.17) is 0 Å². The second-order valence-electron chi connectivity index (χ2n) is 2.32. The van der Waals surface area contributed by atoms with Crippen molar-refractivity contribution in [3.63, 3.8) is 0 Å². The molecule has 40 valence electrons. The summed E-state index contributed by atoms with van der Waals surface area (Å²) >= 11 is 0. The fourth-order valence-corrected chi connectivity index (χ4v) is 1.24. The van der Waals surface area contributed by atoms with E-state index in [-0.39, 0.29) is 0 Å². The number of ketones is 1. The average Bonchev–Trinajstić information content (AvgIpc) is 2.09. The van der Waals surface area contributed by atoms with Gasteiger partial charge in [0.1, 0.15) is 0 Å². The maximum atomic E-state index is 10.6. The van der Waals surface area contributed by atoms with Gasteiger partial charge in [-0.1, -0.05) is 0 Å². The van der Waals surface area contributed by atoms with Gasteiger partial charge >= 0.3 is 0 Å². The lowest BCUT2D eigenvalue weighted by Crippen LogP contribution is -2.24. The van der Waals surface area contributed by atoms with Gasteiger partial charge in [0.05, 0.1) is 0 Å². The fourth-order valence-electron chi connectivity index (χ4n) is 1.24. The molecular weight excluding hydrogens is 100 g/mol. The Labute approximate surface area is 47.7 Å². The Kier molecular flexibility index (Phi) is 0.576. The van der Waals surface area contributed by atoms with Crippen LogP contribution < -0.4 is 0 Å². The van der Waals surface area contributed by atoms with Crippen molar-refractivity contribution >= 4 is 5.78 Å². The van der Waals surface area contributed by atoms with E-state index >= 15 is 0 Å². The summed E-state index contributed by atoms with van der Waals surface area (Å²) in [6, 6.07) is 0. The van der Waals surface area contributed by atoms with E-state index in [2.05, 4.69) is 5.73 Å². The summed E-state index contributed by atoms with van der Waals surface area (Å²) in [5.74, 6) is 0.881. The predicted octanol–water partition coefficient (Wildman–Crippen LogP) is 1.06. The minimum Gasteiger partial charge on any atom is -0.294 e. The van der Waals surface area contributed by atoms with Gasteiger partial charge < -0.3 is 0 Å². The maximum Gasteiger partial charge on any atom is 0.167 e. The van der Waals surface area contributed by atoms with Crippen LogP contribution in [0.2, 0.25) is 0 Å². The quantitative estimate of drug-likeness (QED) is 0.422. The van der Waals surface area contributed by atoms with Crippen LogP contribution in [0.3, 0.4) is 0 Å². The van der Waals surface area contributed by atoms with Crippen LogP contribution in [0, 0.1) is 5.92 Å². The van der Waals surface area contributed by atoms with Crippen molar-refractivity contribution in [1.82, 2.24) is 0 Å². The molecule has 0 amide bonds. The number of Topliss-reactive ketones (excluding diaryl/α,β-unsaturated/α-hetero) is 1. The van der Waals surface area contributed by atoms with Gasteiger partial charge in [-0.15, -0.1) is 5.73 Å². The SMILES string of the molecule is O=C1CC2CC=C=C12. The van der Waals surface area contributed by atoms with Gasteiger partial charge in [-0.2, -0.15) is 0 Å². The molecule has 1 fully saturated rings. The number of fused-ring (bicyclic) bond motifs is 1. The van der Waals surface area contributed by atoms with E-state index in [1.165, 1.54) is 0 Å². The van der Waals surface area contributed by atoms with E-state index in [9.17, 15) is 4.79 Å². The molecule has 0 aliphatic heterocycles. The van der Waals surface area contributed by atoms with Gasteiger partial charge in [0.25, 0.3) is 0 Å². The Morgan fingerprint density at radius 3 is 3.12 bits per heavy atom. The predicted molar refractivity (Wildman–Crippen MR) is 29.3 cm³/mol. The minimum absolute atomic E-state index is 0.309. The zero-order chi connectivity index (χ0) is 5.56. The molecule has 0 aromatic carbocycles. The Hall–Kier alpha value is -0.810. The molecular formula is C7H6O. The zero-order valence-corrected chi connectivity index (χ0v) is 4.48. The van der Waals surface area contributed by atoms with Gasteiger partial charge in [-0.25, -0.2) is 0 Å². The molecule has 0 bridgehead atoms. The molecule has 2 aliphatic rings. The highest BCUT2D eigenvalue weighted by Crippen LogP contribution is 2.35. The summed E-state index contributed by atoms with van der Waals surface area (Å²) in [6.07, 6.45) is 3.80. The molecule has 2 aliphatic carbocycles. The van der Waals surface area contributed by atoms with Crippen molar-refractivity contribution in [2.45, 2.75) is 12.8 Å². The first-order valence-electron chi connectivity index (χ1n) is 2.86. The number of hydrogen-bond donors (Lipinski definition) is 0. The van der Waals surface area contributed by atoms with Crippen LogP contribution in [0.25, 0.3) is 0 Å². The normalized spacial score (nSPS) is 31.8. The van der Waals surface area contributed by atoms with E-state index in [1.54, 1.807) is 0 Å². The van der Waals surface area contributed by atoms with Gasteiger partial charge in [0.15, 0.2) is 5.78 Å². The van der Waals surface area contributed by atoms with E-state index in [0.29, 0.717) is 11.7 Å². The fraction of sp³-hybridized carbons (Fsp3) is 0.429. The first kappa shape index (κ1) is 4.11. The second-order valence-corrected chi connectivity index (χ2v) is 2.32. The van der Waals surface area contributed by atoms with Crippen LogP contribution in [0.4, 0.5) is 0 Å². The summed E-state index contributed by atoms with van der Waals surface area (Å²) in [4.78, 5) is 10.6. The number of hydrogen-bond acceptors (Lipinski definition) is 1. The summed E-state index contributed by atoms with van der Waals surface area (Å²) in [6.45, 7) is 0. The smallest absolute Gasteiger partial charge is 0.167 e. The molecule has 1 unspecified atom stereocenters. The molecule has 0 spiro atoms. The molecule has 1 nitrogen and oxygen atoms in total. The van der Waals surface area contributed by atoms with Crippen LogP contribution in [-0.4, -0.2) is 5.78 Å². The summed E-state index contributed by atoms with van der Waals surface area (Å²) in [7, 11) is 0. The third-order valence-electron chi connectivity index (χ3n) is 1.80. The van der Waals surface area contributed by atoms with Gasteiger partial charge in [0.2, 0.25) is 0 Å². The van der Waals surface area contributed by atoms with E-state index in [1.807, 2.05) is 6.08 Å². The third-order valence-corrected chi connectivity index (χ3v) is 1.80. The van der Waals surface area contributed by atoms with Crippen molar-refractivity contribution in [2.24, 2.45) is 5.92 Å². The molecule has 1 atom stereocenters. The first-order valence-corrected chi connectivity index (χ1v) is 2.86.